The summed E-state index contributed by atoms with van der Waals surface area (Å²) >= 11 is 0. The summed E-state index contributed by atoms with van der Waals surface area (Å²) in [6, 6.07) is -0.251. The first-order valence-electron chi connectivity index (χ1n) is 8.02. The van der Waals surface area contributed by atoms with E-state index < -0.39 is 11.5 Å². The van der Waals surface area contributed by atoms with Crippen LogP contribution >= 0.6 is 0 Å². The average Bonchev–Trinajstić information content (AvgIpc) is 2.42. The quantitative estimate of drug-likeness (QED) is 0.680. The van der Waals surface area contributed by atoms with Gasteiger partial charge in [-0.05, 0) is 52.2 Å². The molecule has 6 heteroatoms. The first-order valence-corrected chi connectivity index (χ1v) is 8.02. The lowest BCUT2D eigenvalue weighted by Crippen LogP contribution is -2.61. The van der Waals surface area contributed by atoms with E-state index in [1.807, 2.05) is 6.92 Å². The van der Waals surface area contributed by atoms with E-state index in [1.54, 1.807) is 4.90 Å². The van der Waals surface area contributed by atoms with E-state index in [0.717, 1.165) is 32.5 Å². The third kappa shape index (κ3) is 4.59. The van der Waals surface area contributed by atoms with Gasteiger partial charge >= 0.3 is 12.0 Å². The fourth-order valence-corrected chi connectivity index (χ4v) is 2.63. The molecule has 0 saturated heterocycles. The highest BCUT2D eigenvalue weighted by molar-refractivity contribution is 5.87. The second kappa shape index (κ2) is 8.22. The van der Waals surface area contributed by atoms with Crippen molar-refractivity contribution in [3.05, 3.63) is 0 Å². The number of urea groups is 1. The van der Waals surface area contributed by atoms with Crippen LogP contribution in [0.3, 0.4) is 0 Å². The topological polar surface area (TPSA) is 72.9 Å². The first kappa shape index (κ1) is 17.8. The maximum absolute atomic E-state index is 12.2. The number of rotatable bonds is 9. The second-order valence-electron chi connectivity index (χ2n) is 5.63. The number of aliphatic carboxylic acids is 1. The number of carbonyl (C=O) groups excluding carboxylic acids is 1. The molecule has 6 nitrogen and oxygen atoms in total. The highest BCUT2D eigenvalue weighted by atomic mass is 16.4. The Morgan fingerprint density at radius 1 is 1.10 bits per heavy atom. The molecule has 0 radical (unpaired) electrons. The van der Waals surface area contributed by atoms with Crippen LogP contribution in [0.5, 0.6) is 0 Å². The lowest BCUT2D eigenvalue weighted by molar-refractivity contribution is -0.148. The van der Waals surface area contributed by atoms with Crippen molar-refractivity contribution in [1.82, 2.24) is 15.1 Å². The van der Waals surface area contributed by atoms with Crippen molar-refractivity contribution >= 4 is 12.0 Å². The maximum atomic E-state index is 12.2. The Bertz CT molecular complexity index is 352. The lowest BCUT2D eigenvalue weighted by Gasteiger charge is -2.39. The Kier molecular flexibility index (Phi) is 6.95. The Morgan fingerprint density at radius 3 is 2.10 bits per heavy atom. The highest BCUT2D eigenvalue weighted by Gasteiger charge is 2.46. The molecule has 0 aromatic rings. The molecule has 1 fully saturated rings. The predicted octanol–water partition coefficient (Wildman–Crippen LogP) is 1.76. The van der Waals surface area contributed by atoms with Crippen molar-refractivity contribution in [2.24, 2.45) is 0 Å². The number of hydrogen-bond acceptors (Lipinski definition) is 3. The number of nitrogens with zero attached hydrogens (tertiary/aromatic N) is 2. The molecule has 2 amide bonds. The molecule has 0 aliphatic heterocycles. The Labute approximate surface area is 127 Å². The minimum Gasteiger partial charge on any atom is -0.480 e. The number of amides is 2. The third-order valence-corrected chi connectivity index (χ3v) is 4.43. The molecular formula is C15H29N3O3. The standard InChI is InChI=1S/C15H29N3O3/c1-4-17(5-2)11-8-12-18(6-3)14(21)16-15(13(19)20)9-7-10-15/h4-12H2,1-3H3,(H,16,21)(H,19,20). The molecule has 0 aromatic heterocycles. The summed E-state index contributed by atoms with van der Waals surface area (Å²) in [5.74, 6) is -0.915. The summed E-state index contributed by atoms with van der Waals surface area (Å²) in [5, 5.41) is 12.0. The number of carboxylic acid groups (broad SMARTS) is 1. The lowest BCUT2D eigenvalue weighted by atomic mass is 9.77. The molecule has 2 N–H and O–H groups in total. The van der Waals surface area contributed by atoms with Gasteiger partial charge in [0.05, 0.1) is 0 Å². The van der Waals surface area contributed by atoms with E-state index in [2.05, 4.69) is 24.1 Å². The van der Waals surface area contributed by atoms with E-state index in [9.17, 15) is 14.7 Å². The van der Waals surface area contributed by atoms with Crippen LogP contribution in [-0.2, 0) is 4.79 Å². The summed E-state index contributed by atoms with van der Waals surface area (Å²) < 4.78 is 0. The van der Waals surface area contributed by atoms with Crippen molar-refractivity contribution in [2.75, 3.05) is 32.7 Å². The van der Waals surface area contributed by atoms with Crippen LogP contribution in [0.2, 0.25) is 0 Å². The number of carbonyl (C=O) groups is 2. The smallest absolute Gasteiger partial charge is 0.329 e. The van der Waals surface area contributed by atoms with Gasteiger partial charge in [-0.3, -0.25) is 0 Å². The van der Waals surface area contributed by atoms with Gasteiger partial charge in [0.1, 0.15) is 5.54 Å². The zero-order valence-electron chi connectivity index (χ0n) is 13.5. The molecule has 0 spiro atoms. The summed E-state index contributed by atoms with van der Waals surface area (Å²) in [6.45, 7) is 10.4. The Morgan fingerprint density at radius 2 is 1.71 bits per heavy atom. The van der Waals surface area contributed by atoms with Crippen molar-refractivity contribution < 1.29 is 14.7 Å². The van der Waals surface area contributed by atoms with Gasteiger partial charge in [0, 0.05) is 13.1 Å². The second-order valence-corrected chi connectivity index (χ2v) is 5.63. The van der Waals surface area contributed by atoms with Gasteiger partial charge in [-0.25, -0.2) is 9.59 Å². The molecule has 0 atom stereocenters. The molecule has 21 heavy (non-hydrogen) atoms. The monoisotopic (exact) mass is 299 g/mol. The molecule has 1 aliphatic carbocycles. The highest BCUT2D eigenvalue weighted by Crippen LogP contribution is 2.32. The molecule has 0 unspecified atom stereocenters. The largest absolute Gasteiger partial charge is 0.480 e. The maximum Gasteiger partial charge on any atom is 0.329 e. The summed E-state index contributed by atoms with van der Waals surface area (Å²) in [6.07, 6.45) is 2.83. The van der Waals surface area contributed by atoms with Gasteiger partial charge in [0.25, 0.3) is 0 Å². The van der Waals surface area contributed by atoms with Gasteiger partial charge in [0.2, 0.25) is 0 Å². The summed E-state index contributed by atoms with van der Waals surface area (Å²) in [5.41, 5.74) is -1.02. The number of nitrogens with one attached hydrogen (secondary N) is 1. The minimum atomic E-state index is -1.02. The van der Waals surface area contributed by atoms with Crippen molar-refractivity contribution in [3.63, 3.8) is 0 Å². The number of carboxylic acids is 1. The van der Waals surface area contributed by atoms with E-state index in [4.69, 9.17) is 0 Å². The predicted molar refractivity (Wildman–Crippen MR) is 82.4 cm³/mol. The first-order chi connectivity index (χ1) is 9.99. The number of hydrogen-bond donors (Lipinski definition) is 2. The van der Waals surface area contributed by atoms with Crippen LogP contribution in [-0.4, -0.2) is 65.2 Å². The molecule has 1 saturated carbocycles. The SMILES string of the molecule is CCN(CC)CCCN(CC)C(=O)NC1(C(=O)O)CCC1. The molecule has 1 rings (SSSR count). The molecule has 1 aliphatic rings. The summed E-state index contributed by atoms with van der Waals surface area (Å²) in [4.78, 5) is 27.5. The van der Waals surface area contributed by atoms with Crippen LogP contribution < -0.4 is 5.32 Å². The van der Waals surface area contributed by atoms with Crippen molar-refractivity contribution in [1.29, 1.82) is 0 Å². The van der Waals surface area contributed by atoms with Crippen LogP contribution in [0, 0.1) is 0 Å². The van der Waals surface area contributed by atoms with Gasteiger partial charge < -0.3 is 20.2 Å². The molecule has 122 valence electrons. The Balaban J connectivity index is 2.44. The van der Waals surface area contributed by atoms with Crippen LogP contribution in [0.25, 0.3) is 0 Å². The van der Waals surface area contributed by atoms with E-state index in [1.165, 1.54) is 0 Å². The van der Waals surface area contributed by atoms with Gasteiger partial charge in [-0.1, -0.05) is 13.8 Å². The van der Waals surface area contributed by atoms with E-state index in [0.29, 0.717) is 25.9 Å². The minimum absolute atomic E-state index is 0.251. The van der Waals surface area contributed by atoms with Crippen LogP contribution in [0.1, 0.15) is 46.5 Å². The summed E-state index contributed by atoms with van der Waals surface area (Å²) in [7, 11) is 0. The van der Waals surface area contributed by atoms with Gasteiger partial charge in [-0.15, -0.1) is 0 Å². The van der Waals surface area contributed by atoms with E-state index >= 15 is 0 Å². The zero-order chi connectivity index (χ0) is 15.9. The van der Waals surface area contributed by atoms with Gasteiger partial charge in [0.15, 0.2) is 0 Å². The van der Waals surface area contributed by atoms with Crippen molar-refractivity contribution in [2.45, 2.75) is 52.0 Å². The normalized spacial score (nSPS) is 16.4. The molecular weight excluding hydrogens is 270 g/mol. The van der Waals surface area contributed by atoms with E-state index in [-0.39, 0.29) is 6.03 Å². The third-order valence-electron chi connectivity index (χ3n) is 4.43. The fourth-order valence-electron chi connectivity index (χ4n) is 2.63. The van der Waals surface area contributed by atoms with Gasteiger partial charge in [-0.2, -0.15) is 0 Å². The molecule has 0 bridgehead atoms. The molecule has 0 heterocycles. The van der Waals surface area contributed by atoms with Crippen LogP contribution in [0.4, 0.5) is 4.79 Å². The average molecular weight is 299 g/mol. The van der Waals surface area contributed by atoms with Crippen LogP contribution in [0.15, 0.2) is 0 Å². The fraction of sp³-hybridized carbons (Fsp3) is 0.867. The van der Waals surface area contributed by atoms with Crippen molar-refractivity contribution in [3.8, 4) is 0 Å². The Hall–Kier alpha value is -1.30. The zero-order valence-corrected chi connectivity index (χ0v) is 13.5. The molecule has 0 aromatic carbocycles.